The summed E-state index contributed by atoms with van der Waals surface area (Å²) >= 11 is 0. The van der Waals surface area contributed by atoms with Crippen LogP contribution < -0.4 is 5.32 Å². The van der Waals surface area contributed by atoms with E-state index in [0.717, 1.165) is 6.04 Å². The molecule has 0 amide bonds. The van der Waals surface area contributed by atoms with E-state index in [1.54, 1.807) is 0 Å². The summed E-state index contributed by atoms with van der Waals surface area (Å²) < 4.78 is 0. The Balaban J connectivity index is 2.39. The lowest BCUT2D eigenvalue weighted by atomic mass is 10.1. The van der Waals surface area contributed by atoms with Crippen LogP contribution in [0.2, 0.25) is 0 Å². The van der Waals surface area contributed by atoms with Crippen LogP contribution in [0.4, 0.5) is 0 Å². The molecule has 1 aliphatic rings. The molecule has 2 nitrogen and oxygen atoms in total. The Morgan fingerprint density at radius 1 is 1.18 bits per heavy atom. The van der Waals surface area contributed by atoms with E-state index in [9.17, 15) is 0 Å². The molecule has 0 aromatic rings. The summed E-state index contributed by atoms with van der Waals surface area (Å²) in [4.78, 5) is 2.72. The van der Waals surface area contributed by atoms with Gasteiger partial charge in [0.05, 0.1) is 0 Å². The molecule has 2 atom stereocenters. The largest absolute Gasteiger partial charge is 0.313 e. The van der Waals surface area contributed by atoms with Gasteiger partial charge in [-0.1, -0.05) is 33.1 Å². The van der Waals surface area contributed by atoms with Crippen molar-refractivity contribution in [2.24, 2.45) is 0 Å². The fourth-order valence-corrected chi connectivity index (χ4v) is 2.84. The average Bonchev–Trinajstić information content (AvgIpc) is 2.52. The number of nitrogens with one attached hydrogen (secondary N) is 1. The first kappa shape index (κ1) is 15.0. The molecule has 102 valence electrons. The van der Waals surface area contributed by atoms with Gasteiger partial charge in [-0.2, -0.15) is 0 Å². The predicted molar refractivity (Wildman–Crippen MR) is 76.5 cm³/mol. The van der Waals surface area contributed by atoms with Crippen molar-refractivity contribution in [3.8, 4) is 0 Å². The zero-order valence-electron chi connectivity index (χ0n) is 12.2. The first-order valence-corrected chi connectivity index (χ1v) is 7.75. The van der Waals surface area contributed by atoms with E-state index in [-0.39, 0.29) is 0 Å². The smallest absolute Gasteiger partial charge is 0.0195 e. The molecule has 1 N–H and O–H groups in total. The van der Waals surface area contributed by atoms with Crippen molar-refractivity contribution in [3.63, 3.8) is 0 Å². The third kappa shape index (κ3) is 5.87. The Hall–Kier alpha value is -0.0800. The van der Waals surface area contributed by atoms with E-state index in [2.05, 4.69) is 31.0 Å². The fraction of sp³-hybridized carbons (Fsp3) is 1.00. The number of rotatable bonds is 7. The second kappa shape index (κ2) is 8.93. The highest BCUT2D eigenvalue weighted by Gasteiger charge is 2.19. The molecule has 1 rings (SSSR count). The van der Waals surface area contributed by atoms with Gasteiger partial charge in [0.2, 0.25) is 0 Å². The van der Waals surface area contributed by atoms with Gasteiger partial charge in [0.15, 0.2) is 0 Å². The van der Waals surface area contributed by atoms with Gasteiger partial charge in [-0.05, 0) is 45.7 Å². The van der Waals surface area contributed by atoms with E-state index < -0.39 is 0 Å². The van der Waals surface area contributed by atoms with Crippen LogP contribution in [-0.4, -0.2) is 36.6 Å². The van der Waals surface area contributed by atoms with Gasteiger partial charge in [0.25, 0.3) is 0 Å². The molecule has 0 bridgehead atoms. The van der Waals surface area contributed by atoms with E-state index in [0.29, 0.717) is 6.04 Å². The Morgan fingerprint density at radius 2 is 2.00 bits per heavy atom. The van der Waals surface area contributed by atoms with Crippen LogP contribution in [0.3, 0.4) is 0 Å². The minimum absolute atomic E-state index is 0.709. The van der Waals surface area contributed by atoms with Crippen LogP contribution in [0.5, 0.6) is 0 Å². The SMILES string of the molecule is CCCNC(CCC)CN1CCCCCC1C. The molecule has 1 aliphatic heterocycles. The van der Waals surface area contributed by atoms with Gasteiger partial charge in [0, 0.05) is 18.6 Å². The summed E-state index contributed by atoms with van der Waals surface area (Å²) in [7, 11) is 0. The van der Waals surface area contributed by atoms with Crippen molar-refractivity contribution in [1.82, 2.24) is 10.2 Å². The van der Waals surface area contributed by atoms with Gasteiger partial charge in [0.1, 0.15) is 0 Å². The minimum Gasteiger partial charge on any atom is -0.313 e. The molecule has 0 aliphatic carbocycles. The summed E-state index contributed by atoms with van der Waals surface area (Å²) in [5.74, 6) is 0. The summed E-state index contributed by atoms with van der Waals surface area (Å²) in [6, 6.07) is 1.50. The third-order valence-electron chi connectivity index (χ3n) is 3.97. The number of nitrogens with zero attached hydrogens (tertiary/aromatic N) is 1. The number of hydrogen-bond acceptors (Lipinski definition) is 2. The standard InChI is InChI=1S/C15H32N2/c1-4-9-15(16-11-5-2)13-17-12-8-6-7-10-14(17)3/h14-16H,4-13H2,1-3H3. The van der Waals surface area contributed by atoms with E-state index >= 15 is 0 Å². The summed E-state index contributed by atoms with van der Waals surface area (Å²) in [6.45, 7) is 10.7. The first-order valence-electron chi connectivity index (χ1n) is 7.75. The van der Waals surface area contributed by atoms with E-state index in [1.165, 1.54) is 64.6 Å². The van der Waals surface area contributed by atoms with Crippen molar-refractivity contribution in [3.05, 3.63) is 0 Å². The molecule has 0 spiro atoms. The summed E-state index contributed by atoms with van der Waals surface area (Å²) in [6.07, 6.45) is 9.52. The Kier molecular flexibility index (Phi) is 7.87. The lowest BCUT2D eigenvalue weighted by molar-refractivity contribution is 0.186. The van der Waals surface area contributed by atoms with Crippen LogP contribution in [0.15, 0.2) is 0 Å². The zero-order valence-corrected chi connectivity index (χ0v) is 12.2. The molecular weight excluding hydrogens is 208 g/mol. The molecular formula is C15H32N2. The fourth-order valence-electron chi connectivity index (χ4n) is 2.84. The summed E-state index contributed by atoms with van der Waals surface area (Å²) in [5, 5.41) is 3.72. The normalized spacial score (nSPS) is 24.5. The zero-order chi connectivity index (χ0) is 12.5. The Morgan fingerprint density at radius 3 is 2.71 bits per heavy atom. The molecule has 1 fully saturated rings. The van der Waals surface area contributed by atoms with Crippen molar-refractivity contribution >= 4 is 0 Å². The predicted octanol–water partition coefficient (Wildman–Crippen LogP) is 3.42. The molecule has 1 saturated heterocycles. The van der Waals surface area contributed by atoms with Gasteiger partial charge in [-0.3, -0.25) is 4.90 Å². The lowest BCUT2D eigenvalue weighted by Crippen LogP contribution is -2.44. The maximum Gasteiger partial charge on any atom is 0.0195 e. The van der Waals surface area contributed by atoms with Gasteiger partial charge >= 0.3 is 0 Å². The molecule has 2 unspecified atom stereocenters. The highest BCUT2D eigenvalue weighted by Crippen LogP contribution is 2.17. The van der Waals surface area contributed by atoms with Gasteiger partial charge in [-0.15, -0.1) is 0 Å². The maximum absolute atomic E-state index is 3.72. The third-order valence-corrected chi connectivity index (χ3v) is 3.97. The number of likely N-dealkylation sites (tertiary alicyclic amines) is 1. The van der Waals surface area contributed by atoms with Crippen molar-refractivity contribution in [2.45, 2.75) is 77.8 Å². The van der Waals surface area contributed by atoms with Gasteiger partial charge < -0.3 is 5.32 Å². The van der Waals surface area contributed by atoms with Crippen LogP contribution in [-0.2, 0) is 0 Å². The highest BCUT2D eigenvalue weighted by atomic mass is 15.2. The van der Waals surface area contributed by atoms with Crippen LogP contribution in [0.1, 0.15) is 65.7 Å². The topological polar surface area (TPSA) is 15.3 Å². The van der Waals surface area contributed by atoms with Gasteiger partial charge in [-0.25, -0.2) is 0 Å². The molecule has 17 heavy (non-hydrogen) atoms. The molecule has 1 heterocycles. The molecule has 0 radical (unpaired) electrons. The molecule has 0 aromatic carbocycles. The highest BCUT2D eigenvalue weighted by molar-refractivity contribution is 4.77. The second-order valence-electron chi connectivity index (χ2n) is 5.63. The number of hydrogen-bond donors (Lipinski definition) is 1. The van der Waals surface area contributed by atoms with Crippen molar-refractivity contribution in [1.29, 1.82) is 0 Å². The van der Waals surface area contributed by atoms with Crippen molar-refractivity contribution < 1.29 is 0 Å². The maximum atomic E-state index is 3.72. The molecule has 2 heteroatoms. The minimum atomic E-state index is 0.709. The molecule has 0 aromatic heterocycles. The second-order valence-corrected chi connectivity index (χ2v) is 5.63. The first-order chi connectivity index (χ1) is 8.27. The Labute approximate surface area is 108 Å². The average molecular weight is 240 g/mol. The van der Waals surface area contributed by atoms with Crippen LogP contribution in [0, 0.1) is 0 Å². The monoisotopic (exact) mass is 240 g/mol. The van der Waals surface area contributed by atoms with E-state index in [1.807, 2.05) is 0 Å². The Bertz CT molecular complexity index is 182. The van der Waals surface area contributed by atoms with E-state index in [4.69, 9.17) is 0 Å². The van der Waals surface area contributed by atoms with Crippen LogP contribution >= 0.6 is 0 Å². The lowest BCUT2D eigenvalue weighted by Gasteiger charge is -2.31. The quantitative estimate of drug-likeness (QED) is 0.733. The van der Waals surface area contributed by atoms with Crippen molar-refractivity contribution in [2.75, 3.05) is 19.6 Å². The molecule has 0 saturated carbocycles. The summed E-state index contributed by atoms with van der Waals surface area (Å²) in [5.41, 5.74) is 0. The van der Waals surface area contributed by atoms with Crippen LogP contribution in [0.25, 0.3) is 0 Å².